The van der Waals surface area contributed by atoms with Crippen LogP contribution in [-0.2, 0) is 14.3 Å². The number of ether oxygens (including phenoxy) is 2. The van der Waals surface area contributed by atoms with Crippen LogP contribution < -0.4 is 10.1 Å². The fourth-order valence-corrected chi connectivity index (χ4v) is 3.18. The number of carbonyl (C=O) groups is 2. The van der Waals surface area contributed by atoms with Crippen molar-refractivity contribution in [1.29, 1.82) is 5.26 Å². The summed E-state index contributed by atoms with van der Waals surface area (Å²) in [4.78, 5) is 25.3. The molecular weight excluding hydrogens is 376 g/mol. The van der Waals surface area contributed by atoms with Gasteiger partial charge >= 0.3 is 5.97 Å². The zero-order valence-corrected chi connectivity index (χ0v) is 16.8. The van der Waals surface area contributed by atoms with Crippen LogP contribution in [-0.4, -0.2) is 24.6 Å². The molecule has 1 amide bonds. The molecule has 2 aromatic carbocycles. The van der Waals surface area contributed by atoms with Crippen LogP contribution in [0.25, 0.3) is 0 Å². The average Bonchev–Trinajstić information content (AvgIpc) is 2.68. The molecule has 6 nitrogen and oxygen atoms in total. The highest BCUT2D eigenvalue weighted by Crippen LogP contribution is 2.27. The lowest BCUT2D eigenvalue weighted by Crippen LogP contribution is -2.31. The quantitative estimate of drug-likeness (QED) is 0.407. The summed E-state index contributed by atoms with van der Waals surface area (Å²) in [5.74, 6) is -0.456. The van der Waals surface area contributed by atoms with Gasteiger partial charge in [-0.1, -0.05) is 25.1 Å². The van der Waals surface area contributed by atoms with E-state index in [0.717, 1.165) is 27.8 Å². The maximum atomic E-state index is 12.2. The second-order valence-electron chi connectivity index (χ2n) is 6.11. The van der Waals surface area contributed by atoms with Gasteiger partial charge in [-0.3, -0.25) is 4.79 Å². The standard InChI is InChI=1S/C21H22N2O4S/c1-4-18(27-16-8-6-5-7-9-16)21(25)26-12-19(24)23-20-14(2)10-17(28-13-22)11-15(20)3/h5-11,18H,4,12H2,1-3H3,(H,23,24)/t18-/m0/s1. The smallest absolute Gasteiger partial charge is 0.347 e. The molecule has 1 N–H and O–H groups in total. The molecule has 0 spiro atoms. The van der Waals surface area contributed by atoms with Crippen molar-refractivity contribution in [2.24, 2.45) is 0 Å². The monoisotopic (exact) mass is 398 g/mol. The molecule has 0 heterocycles. The third-order valence-electron chi connectivity index (χ3n) is 3.93. The Balaban J connectivity index is 1.92. The molecule has 0 aliphatic carbocycles. The molecule has 0 radical (unpaired) electrons. The van der Waals surface area contributed by atoms with Gasteiger partial charge in [0, 0.05) is 10.6 Å². The highest BCUT2D eigenvalue weighted by molar-refractivity contribution is 8.03. The summed E-state index contributed by atoms with van der Waals surface area (Å²) in [5, 5.41) is 13.6. The molecule has 2 aromatic rings. The number of esters is 1. The summed E-state index contributed by atoms with van der Waals surface area (Å²) in [6.07, 6.45) is -0.355. The van der Waals surface area contributed by atoms with Gasteiger partial charge in [0.15, 0.2) is 12.7 Å². The number of carbonyl (C=O) groups excluding carboxylic acids is 2. The summed E-state index contributed by atoms with van der Waals surface area (Å²) < 4.78 is 10.7. The van der Waals surface area contributed by atoms with Gasteiger partial charge in [0.1, 0.15) is 11.2 Å². The minimum Gasteiger partial charge on any atom is -0.479 e. The summed E-state index contributed by atoms with van der Waals surface area (Å²) in [5.41, 5.74) is 2.31. The average molecular weight is 398 g/mol. The molecule has 0 unspecified atom stereocenters. The largest absolute Gasteiger partial charge is 0.479 e. The molecule has 0 saturated carbocycles. The van der Waals surface area contributed by atoms with E-state index in [1.54, 1.807) is 12.1 Å². The molecule has 0 aromatic heterocycles. The number of nitriles is 1. The molecule has 0 bridgehead atoms. The van der Waals surface area contributed by atoms with E-state index in [9.17, 15) is 9.59 Å². The van der Waals surface area contributed by atoms with Crippen molar-refractivity contribution in [3.63, 3.8) is 0 Å². The summed E-state index contributed by atoms with van der Waals surface area (Å²) in [7, 11) is 0. The first-order valence-corrected chi connectivity index (χ1v) is 9.61. The SMILES string of the molecule is CC[C@H](Oc1ccccc1)C(=O)OCC(=O)Nc1c(C)cc(SC#N)cc1C. The first-order valence-electron chi connectivity index (χ1n) is 8.80. The Morgan fingerprint density at radius 2 is 1.82 bits per heavy atom. The second kappa shape index (κ2) is 10.4. The van der Waals surface area contributed by atoms with E-state index in [1.807, 2.05) is 56.5 Å². The van der Waals surface area contributed by atoms with Crippen molar-refractivity contribution >= 4 is 29.3 Å². The Morgan fingerprint density at radius 3 is 2.39 bits per heavy atom. The van der Waals surface area contributed by atoms with Gasteiger partial charge in [-0.05, 0) is 67.4 Å². The van der Waals surface area contributed by atoms with Crippen LogP contribution in [0.2, 0.25) is 0 Å². The minimum absolute atomic E-state index is 0.402. The van der Waals surface area contributed by atoms with Gasteiger partial charge in [-0.15, -0.1) is 0 Å². The second-order valence-corrected chi connectivity index (χ2v) is 6.97. The number of anilines is 1. The maximum Gasteiger partial charge on any atom is 0.347 e. The number of hydrogen-bond donors (Lipinski definition) is 1. The molecule has 1 atom stereocenters. The lowest BCUT2D eigenvalue weighted by atomic mass is 10.1. The van der Waals surface area contributed by atoms with Gasteiger partial charge < -0.3 is 14.8 Å². The normalized spacial score (nSPS) is 11.2. The van der Waals surface area contributed by atoms with Crippen LogP contribution in [0.3, 0.4) is 0 Å². The molecule has 0 aliphatic heterocycles. The topological polar surface area (TPSA) is 88.4 Å². The molecule has 146 valence electrons. The predicted molar refractivity (Wildman–Crippen MR) is 108 cm³/mol. The Morgan fingerprint density at radius 1 is 1.18 bits per heavy atom. The number of rotatable bonds is 8. The lowest BCUT2D eigenvalue weighted by molar-refractivity contribution is -0.154. The first-order chi connectivity index (χ1) is 13.4. The third-order valence-corrected chi connectivity index (χ3v) is 4.50. The molecular formula is C21H22N2O4S. The zero-order valence-electron chi connectivity index (χ0n) is 16.0. The summed E-state index contributed by atoms with van der Waals surface area (Å²) >= 11 is 1.06. The number of nitrogens with one attached hydrogen (secondary N) is 1. The Kier molecular flexibility index (Phi) is 7.90. The molecule has 7 heteroatoms. The molecule has 0 aliphatic rings. The Bertz CT molecular complexity index is 855. The van der Waals surface area contributed by atoms with Crippen LogP contribution in [0.5, 0.6) is 5.75 Å². The number of hydrogen-bond acceptors (Lipinski definition) is 6. The maximum absolute atomic E-state index is 12.2. The third kappa shape index (κ3) is 6.03. The minimum atomic E-state index is -0.777. The summed E-state index contributed by atoms with van der Waals surface area (Å²) in [6, 6.07) is 12.6. The van der Waals surface area contributed by atoms with Crippen LogP contribution in [0.15, 0.2) is 47.4 Å². The van der Waals surface area contributed by atoms with Crippen molar-refractivity contribution in [2.75, 3.05) is 11.9 Å². The Hall–Kier alpha value is -2.98. The number of aryl methyl sites for hydroxylation is 2. The van der Waals surface area contributed by atoms with E-state index in [0.29, 0.717) is 17.9 Å². The highest BCUT2D eigenvalue weighted by Gasteiger charge is 2.21. The molecule has 0 saturated heterocycles. The lowest BCUT2D eigenvalue weighted by Gasteiger charge is -2.17. The first kappa shape index (κ1) is 21.3. The van der Waals surface area contributed by atoms with Crippen LogP contribution in [0, 0.1) is 24.5 Å². The molecule has 2 rings (SSSR count). The van der Waals surface area contributed by atoms with E-state index in [-0.39, 0.29) is 0 Å². The highest BCUT2D eigenvalue weighted by atomic mass is 32.2. The number of para-hydroxylation sites is 1. The van der Waals surface area contributed by atoms with Gasteiger partial charge in [-0.2, -0.15) is 5.26 Å². The summed E-state index contributed by atoms with van der Waals surface area (Å²) in [6.45, 7) is 5.09. The van der Waals surface area contributed by atoms with Gasteiger partial charge in [-0.25, -0.2) is 4.79 Å². The molecule has 28 heavy (non-hydrogen) atoms. The van der Waals surface area contributed by atoms with Crippen molar-refractivity contribution in [3.05, 3.63) is 53.6 Å². The van der Waals surface area contributed by atoms with Crippen molar-refractivity contribution in [1.82, 2.24) is 0 Å². The van der Waals surface area contributed by atoms with Crippen molar-refractivity contribution < 1.29 is 19.1 Å². The number of thiocyanates is 1. The van der Waals surface area contributed by atoms with E-state index in [2.05, 4.69) is 5.32 Å². The van der Waals surface area contributed by atoms with Crippen LogP contribution in [0.4, 0.5) is 5.69 Å². The zero-order chi connectivity index (χ0) is 20.5. The van der Waals surface area contributed by atoms with E-state index < -0.39 is 24.6 Å². The van der Waals surface area contributed by atoms with Crippen LogP contribution in [0.1, 0.15) is 24.5 Å². The van der Waals surface area contributed by atoms with Gasteiger partial charge in [0.2, 0.25) is 0 Å². The fraction of sp³-hybridized carbons (Fsp3) is 0.286. The number of thioether (sulfide) groups is 1. The van der Waals surface area contributed by atoms with Crippen LogP contribution >= 0.6 is 11.8 Å². The fourth-order valence-electron chi connectivity index (χ4n) is 2.60. The van der Waals surface area contributed by atoms with E-state index in [4.69, 9.17) is 14.7 Å². The van der Waals surface area contributed by atoms with Crippen molar-refractivity contribution in [2.45, 2.75) is 38.2 Å². The Labute approximate surface area is 168 Å². The van der Waals surface area contributed by atoms with Gasteiger partial charge in [0.25, 0.3) is 5.91 Å². The number of nitrogens with zero attached hydrogens (tertiary/aromatic N) is 1. The predicted octanol–water partition coefficient (Wildman–Crippen LogP) is 4.22. The number of benzene rings is 2. The van der Waals surface area contributed by atoms with E-state index >= 15 is 0 Å². The van der Waals surface area contributed by atoms with E-state index in [1.165, 1.54) is 0 Å². The molecule has 0 fully saturated rings. The van der Waals surface area contributed by atoms with Crippen molar-refractivity contribution in [3.8, 4) is 11.2 Å². The van der Waals surface area contributed by atoms with Gasteiger partial charge in [0.05, 0.1) is 0 Å². The number of amides is 1.